The molecule has 35 heavy (non-hydrogen) atoms. The molecule has 0 saturated heterocycles. The number of amides is 1. The lowest BCUT2D eigenvalue weighted by Gasteiger charge is -2.15. The maximum absolute atomic E-state index is 13.1. The number of hydrogen-bond acceptors (Lipinski definition) is 3. The number of alkyl halides is 6. The van der Waals surface area contributed by atoms with Gasteiger partial charge < -0.3 is 5.32 Å². The number of fused-ring (bicyclic) bond motifs is 1. The number of aromatic nitrogens is 2. The molecule has 3 aromatic carbocycles. The molecule has 180 valence electrons. The molecule has 0 radical (unpaired) electrons. The first-order chi connectivity index (χ1) is 16.4. The summed E-state index contributed by atoms with van der Waals surface area (Å²) >= 11 is 0. The van der Waals surface area contributed by atoms with Gasteiger partial charge in [0.25, 0.3) is 5.56 Å². The van der Waals surface area contributed by atoms with E-state index in [0.29, 0.717) is 23.4 Å². The Morgan fingerprint density at radius 3 is 2.11 bits per heavy atom. The van der Waals surface area contributed by atoms with Gasteiger partial charge in [-0.15, -0.1) is 0 Å². The average molecular weight is 491 g/mol. The lowest BCUT2D eigenvalue weighted by molar-refractivity contribution is -0.143. The Balaban J connectivity index is 1.63. The zero-order chi connectivity index (χ0) is 25.4. The van der Waals surface area contributed by atoms with E-state index in [0.717, 1.165) is 15.5 Å². The number of hydrogen-bond donors (Lipinski definition) is 1. The summed E-state index contributed by atoms with van der Waals surface area (Å²) in [6.07, 6.45) is -10.1. The Hall–Kier alpha value is -4.15. The number of rotatable bonds is 4. The van der Waals surface area contributed by atoms with Crippen molar-refractivity contribution < 1.29 is 31.1 Å². The Kier molecular flexibility index (Phi) is 6.10. The quantitative estimate of drug-likeness (QED) is 0.371. The van der Waals surface area contributed by atoms with Gasteiger partial charge in [-0.2, -0.15) is 31.4 Å². The molecule has 0 atom stereocenters. The molecule has 0 unspecified atom stereocenters. The van der Waals surface area contributed by atoms with Crippen LogP contribution in [0.15, 0.2) is 77.6 Å². The van der Waals surface area contributed by atoms with Crippen LogP contribution in [0, 0.1) is 0 Å². The number of carbonyl (C=O) groups is 1. The molecule has 4 aromatic rings. The maximum atomic E-state index is 13.1. The Labute approximate surface area is 193 Å². The highest BCUT2D eigenvalue weighted by molar-refractivity contribution is 5.95. The van der Waals surface area contributed by atoms with E-state index in [2.05, 4.69) is 5.10 Å². The Bertz CT molecular complexity index is 1440. The number of halogens is 6. The van der Waals surface area contributed by atoms with Crippen LogP contribution in [0.5, 0.6) is 0 Å². The highest BCUT2D eigenvalue weighted by Gasteiger charge is 2.37. The largest absolute Gasteiger partial charge is 0.416 e. The molecule has 5 nitrogen and oxygen atoms in total. The minimum Gasteiger partial charge on any atom is -0.324 e. The molecular weight excluding hydrogens is 476 g/mol. The zero-order valence-electron chi connectivity index (χ0n) is 17.6. The molecule has 1 N–H and O–H groups in total. The highest BCUT2D eigenvalue weighted by atomic mass is 19.4. The van der Waals surface area contributed by atoms with Crippen molar-refractivity contribution in [2.24, 2.45) is 0 Å². The van der Waals surface area contributed by atoms with Gasteiger partial charge in [-0.1, -0.05) is 42.5 Å². The fourth-order valence-corrected chi connectivity index (χ4v) is 3.52. The molecule has 0 aliphatic heterocycles. The van der Waals surface area contributed by atoms with Crippen LogP contribution in [0.4, 0.5) is 32.0 Å². The topological polar surface area (TPSA) is 64.0 Å². The predicted molar refractivity (Wildman–Crippen MR) is 117 cm³/mol. The fraction of sp³-hybridized carbons (Fsp3) is 0.125. The van der Waals surface area contributed by atoms with Crippen molar-refractivity contribution in [3.8, 4) is 11.3 Å². The van der Waals surface area contributed by atoms with E-state index in [1.54, 1.807) is 12.1 Å². The third-order valence-electron chi connectivity index (χ3n) is 5.10. The van der Waals surface area contributed by atoms with Crippen LogP contribution in [-0.4, -0.2) is 15.7 Å². The lowest BCUT2D eigenvalue weighted by Crippen LogP contribution is -2.29. The van der Waals surface area contributed by atoms with E-state index in [1.807, 2.05) is 35.6 Å². The smallest absolute Gasteiger partial charge is 0.324 e. The third kappa shape index (κ3) is 5.34. The van der Waals surface area contributed by atoms with Gasteiger partial charge >= 0.3 is 12.4 Å². The molecule has 0 spiro atoms. The van der Waals surface area contributed by atoms with Crippen molar-refractivity contribution in [3.63, 3.8) is 0 Å². The van der Waals surface area contributed by atoms with Crippen LogP contribution in [-0.2, 0) is 23.7 Å². The van der Waals surface area contributed by atoms with Gasteiger partial charge in [-0.05, 0) is 35.0 Å². The van der Waals surface area contributed by atoms with Crippen molar-refractivity contribution in [2.75, 3.05) is 5.32 Å². The van der Waals surface area contributed by atoms with Crippen LogP contribution in [0.25, 0.3) is 22.0 Å². The Morgan fingerprint density at radius 2 is 1.46 bits per heavy atom. The molecule has 0 aliphatic rings. The van der Waals surface area contributed by atoms with E-state index in [-0.39, 0.29) is 6.07 Å². The standard InChI is InChI=1S/C24H15F6N3O2/c25-23(26,27)15-10-16(24(28,29)30)12-17(11-15)31-21(34)13-33-22(35)9-8-20(32-33)19-7-3-5-14-4-1-2-6-18(14)19/h1-12H,13H2,(H,31,34). The first kappa shape index (κ1) is 24.0. The second-order valence-corrected chi connectivity index (χ2v) is 7.58. The summed E-state index contributed by atoms with van der Waals surface area (Å²) in [6.45, 7) is -0.727. The number of anilines is 1. The summed E-state index contributed by atoms with van der Waals surface area (Å²) in [4.78, 5) is 24.7. The molecule has 1 heterocycles. The van der Waals surface area contributed by atoms with Gasteiger partial charge in [-0.3, -0.25) is 9.59 Å². The normalized spacial score (nSPS) is 12.1. The van der Waals surface area contributed by atoms with Gasteiger partial charge in [0.1, 0.15) is 6.54 Å². The molecule has 0 bridgehead atoms. The number of nitrogens with one attached hydrogen (secondary N) is 1. The molecule has 0 fully saturated rings. The summed E-state index contributed by atoms with van der Waals surface area (Å²) in [5.74, 6) is -1.03. The number of benzene rings is 3. The Morgan fingerprint density at radius 1 is 0.829 bits per heavy atom. The van der Waals surface area contributed by atoms with E-state index in [9.17, 15) is 35.9 Å². The van der Waals surface area contributed by atoms with Crippen molar-refractivity contribution >= 4 is 22.4 Å². The second-order valence-electron chi connectivity index (χ2n) is 7.58. The highest BCUT2D eigenvalue weighted by Crippen LogP contribution is 2.37. The van der Waals surface area contributed by atoms with Gasteiger partial charge in [0.2, 0.25) is 5.91 Å². The van der Waals surface area contributed by atoms with Crippen LogP contribution < -0.4 is 10.9 Å². The van der Waals surface area contributed by atoms with Crippen LogP contribution in [0.2, 0.25) is 0 Å². The summed E-state index contributed by atoms with van der Waals surface area (Å²) in [5, 5.41) is 7.91. The number of carbonyl (C=O) groups excluding carboxylic acids is 1. The van der Waals surface area contributed by atoms with Gasteiger partial charge in [-0.25, -0.2) is 4.68 Å². The van der Waals surface area contributed by atoms with E-state index in [4.69, 9.17) is 0 Å². The SMILES string of the molecule is O=C(Cn1nc(-c2cccc3ccccc23)ccc1=O)Nc1cc(C(F)(F)F)cc(C(F)(F)F)c1. The van der Waals surface area contributed by atoms with Gasteiger partial charge in [0.15, 0.2) is 0 Å². The number of nitrogens with zero attached hydrogens (tertiary/aromatic N) is 2. The lowest BCUT2D eigenvalue weighted by atomic mass is 10.0. The van der Waals surface area contributed by atoms with Crippen molar-refractivity contribution in [3.05, 3.63) is 94.3 Å². The minimum absolute atomic E-state index is 0.0463. The van der Waals surface area contributed by atoms with E-state index >= 15 is 0 Å². The summed E-state index contributed by atoms with van der Waals surface area (Å²) < 4.78 is 79.1. The summed E-state index contributed by atoms with van der Waals surface area (Å²) in [6, 6.07) is 16.2. The summed E-state index contributed by atoms with van der Waals surface area (Å²) in [7, 11) is 0. The molecule has 11 heteroatoms. The second kappa shape index (κ2) is 8.90. The van der Waals surface area contributed by atoms with Crippen LogP contribution in [0.1, 0.15) is 11.1 Å². The zero-order valence-corrected chi connectivity index (χ0v) is 17.6. The monoisotopic (exact) mass is 491 g/mol. The first-order valence-corrected chi connectivity index (χ1v) is 10.1. The molecule has 1 amide bonds. The van der Waals surface area contributed by atoms with Crippen molar-refractivity contribution in [1.82, 2.24) is 9.78 Å². The van der Waals surface area contributed by atoms with E-state index < -0.39 is 47.2 Å². The molecular formula is C24H15F6N3O2. The first-order valence-electron chi connectivity index (χ1n) is 10.1. The molecule has 1 aromatic heterocycles. The van der Waals surface area contributed by atoms with Crippen LogP contribution in [0.3, 0.4) is 0 Å². The predicted octanol–water partition coefficient (Wildman–Crippen LogP) is 5.74. The summed E-state index contributed by atoms with van der Waals surface area (Å²) in [5.41, 5.74) is -3.51. The van der Waals surface area contributed by atoms with Gasteiger partial charge in [0, 0.05) is 17.3 Å². The molecule has 0 aliphatic carbocycles. The van der Waals surface area contributed by atoms with E-state index in [1.165, 1.54) is 12.1 Å². The van der Waals surface area contributed by atoms with Gasteiger partial charge in [0.05, 0.1) is 16.8 Å². The maximum Gasteiger partial charge on any atom is 0.416 e. The van der Waals surface area contributed by atoms with Crippen molar-refractivity contribution in [1.29, 1.82) is 0 Å². The molecule has 4 rings (SSSR count). The third-order valence-corrected chi connectivity index (χ3v) is 5.10. The minimum atomic E-state index is -5.06. The fourth-order valence-electron chi connectivity index (χ4n) is 3.52. The average Bonchev–Trinajstić information content (AvgIpc) is 2.79. The van der Waals surface area contributed by atoms with Crippen LogP contribution >= 0.6 is 0 Å². The molecule has 0 saturated carbocycles. The van der Waals surface area contributed by atoms with Crippen molar-refractivity contribution in [2.45, 2.75) is 18.9 Å².